The Morgan fingerprint density at radius 2 is 2.16 bits per heavy atom. The van der Waals surface area contributed by atoms with Crippen LogP contribution in [0.15, 0.2) is 30.5 Å². The van der Waals surface area contributed by atoms with Crippen molar-refractivity contribution in [3.05, 3.63) is 41.8 Å². The number of halogens is 1. The molecule has 2 aromatic rings. The van der Waals surface area contributed by atoms with Crippen molar-refractivity contribution in [2.24, 2.45) is 0 Å². The second kappa shape index (κ2) is 6.13. The SMILES string of the molecule is CCCNc1nccc(Oc2cc(C)ccc2F)n1. The molecule has 2 rings (SSSR count). The van der Waals surface area contributed by atoms with Crippen LogP contribution in [-0.4, -0.2) is 16.5 Å². The first-order valence-electron chi connectivity index (χ1n) is 6.20. The largest absolute Gasteiger partial charge is 0.436 e. The van der Waals surface area contributed by atoms with E-state index in [1.165, 1.54) is 6.07 Å². The van der Waals surface area contributed by atoms with Gasteiger partial charge in [-0.25, -0.2) is 9.37 Å². The number of rotatable bonds is 5. The van der Waals surface area contributed by atoms with E-state index in [2.05, 4.69) is 22.2 Å². The predicted molar refractivity (Wildman–Crippen MR) is 72.0 cm³/mol. The first-order valence-corrected chi connectivity index (χ1v) is 6.20. The molecule has 0 atom stereocenters. The number of aryl methyl sites for hydroxylation is 1. The fraction of sp³-hybridized carbons (Fsp3) is 0.286. The van der Waals surface area contributed by atoms with E-state index >= 15 is 0 Å². The van der Waals surface area contributed by atoms with Gasteiger partial charge < -0.3 is 10.1 Å². The Morgan fingerprint density at radius 1 is 1.32 bits per heavy atom. The molecule has 1 N–H and O–H groups in total. The monoisotopic (exact) mass is 261 g/mol. The first kappa shape index (κ1) is 13.3. The molecule has 0 unspecified atom stereocenters. The first-order chi connectivity index (χ1) is 9.19. The number of hydrogen-bond donors (Lipinski definition) is 1. The molecular weight excluding hydrogens is 245 g/mol. The van der Waals surface area contributed by atoms with Gasteiger partial charge in [0.15, 0.2) is 11.6 Å². The molecule has 0 aliphatic rings. The number of benzene rings is 1. The minimum Gasteiger partial charge on any atom is -0.436 e. The topological polar surface area (TPSA) is 47.0 Å². The summed E-state index contributed by atoms with van der Waals surface area (Å²) in [5.41, 5.74) is 0.926. The highest BCUT2D eigenvalue weighted by molar-refractivity contribution is 5.34. The quantitative estimate of drug-likeness (QED) is 0.894. The maximum atomic E-state index is 13.6. The fourth-order valence-corrected chi connectivity index (χ4v) is 1.52. The molecule has 1 aromatic carbocycles. The maximum absolute atomic E-state index is 13.6. The van der Waals surface area contributed by atoms with Crippen molar-refractivity contribution >= 4 is 5.95 Å². The third kappa shape index (κ3) is 3.64. The Labute approximate surface area is 111 Å². The lowest BCUT2D eigenvalue weighted by molar-refractivity contribution is 0.426. The normalized spacial score (nSPS) is 10.3. The Hall–Kier alpha value is -2.17. The molecule has 0 radical (unpaired) electrons. The van der Waals surface area contributed by atoms with E-state index in [1.807, 2.05) is 6.92 Å². The lowest BCUT2D eigenvalue weighted by Crippen LogP contribution is -2.04. The molecule has 0 aliphatic heterocycles. The zero-order valence-corrected chi connectivity index (χ0v) is 11.0. The van der Waals surface area contributed by atoms with Crippen molar-refractivity contribution < 1.29 is 9.13 Å². The zero-order chi connectivity index (χ0) is 13.7. The Balaban J connectivity index is 2.16. The number of aromatic nitrogens is 2. The Morgan fingerprint density at radius 3 is 2.95 bits per heavy atom. The van der Waals surface area contributed by atoms with Gasteiger partial charge in [-0.3, -0.25) is 0 Å². The van der Waals surface area contributed by atoms with E-state index in [-0.39, 0.29) is 5.75 Å². The van der Waals surface area contributed by atoms with Gasteiger partial charge >= 0.3 is 0 Å². The Bertz CT molecular complexity index is 560. The van der Waals surface area contributed by atoms with Crippen LogP contribution in [0, 0.1) is 12.7 Å². The van der Waals surface area contributed by atoms with Gasteiger partial charge in [0.25, 0.3) is 0 Å². The van der Waals surface area contributed by atoms with Gasteiger partial charge in [-0.2, -0.15) is 4.98 Å². The van der Waals surface area contributed by atoms with Gasteiger partial charge in [0.2, 0.25) is 11.8 Å². The summed E-state index contributed by atoms with van der Waals surface area (Å²) in [5.74, 6) is 0.554. The van der Waals surface area contributed by atoms with Crippen LogP contribution in [0.3, 0.4) is 0 Å². The molecule has 19 heavy (non-hydrogen) atoms. The number of hydrogen-bond acceptors (Lipinski definition) is 4. The summed E-state index contributed by atoms with van der Waals surface area (Å²) in [7, 11) is 0. The molecule has 0 saturated carbocycles. The lowest BCUT2D eigenvalue weighted by Gasteiger charge is -2.08. The zero-order valence-electron chi connectivity index (χ0n) is 11.0. The summed E-state index contributed by atoms with van der Waals surface area (Å²) in [4.78, 5) is 8.23. The van der Waals surface area contributed by atoms with Crippen molar-refractivity contribution in [3.63, 3.8) is 0 Å². The van der Waals surface area contributed by atoms with Crippen LogP contribution in [0.25, 0.3) is 0 Å². The molecule has 1 heterocycles. The van der Waals surface area contributed by atoms with E-state index in [0.717, 1.165) is 18.5 Å². The third-order valence-electron chi connectivity index (χ3n) is 2.46. The second-order valence-corrected chi connectivity index (χ2v) is 4.18. The fourth-order valence-electron chi connectivity index (χ4n) is 1.52. The molecule has 0 bridgehead atoms. The highest BCUT2D eigenvalue weighted by atomic mass is 19.1. The smallest absolute Gasteiger partial charge is 0.225 e. The van der Waals surface area contributed by atoms with Gasteiger partial charge in [0, 0.05) is 18.8 Å². The molecule has 5 heteroatoms. The molecule has 4 nitrogen and oxygen atoms in total. The average Bonchev–Trinajstić information content (AvgIpc) is 2.41. The minimum atomic E-state index is -0.410. The third-order valence-corrected chi connectivity index (χ3v) is 2.46. The maximum Gasteiger partial charge on any atom is 0.225 e. The highest BCUT2D eigenvalue weighted by Crippen LogP contribution is 2.24. The molecule has 1 aromatic heterocycles. The van der Waals surface area contributed by atoms with E-state index in [4.69, 9.17) is 4.74 Å². The van der Waals surface area contributed by atoms with Crippen molar-refractivity contribution in [2.45, 2.75) is 20.3 Å². The van der Waals surface area contributed by atoms with Crippen LogP contribution in [0.4, 0.5) is 10.3 Å². The van der Waals surface area contributed by atoms with Crippen LogP contribution in [0.2, 0.25) is 0 Å². The standard InChI is InChI=1S/C14H16FN3O/c1-3-7-16-14-17-8-6-13(18-14)19-12-9-10(2)4-5-11(12)15/h4-6,8-9H,3,7H2,1-2H3,(H,16,17,18). The summed E-state index contributed by atoms with van der Waals surface area (Å²) in [6, 6.07) is 6.30. The van der Waals surface area contributed by atoms with E-state index in [1.54, 1.807) is 24.4 Å². The van der Waals surface area contributed by atoms with Crippen molar-refractivity contribution in [1.29, 1.82) is 0 Å². The molecular formula is C14H16FN3O. The minimum absolute atomic E-state index is 0.167. The molecule has 0 fully saturated rings. The van der Waals surface area contributed by atoms with Crippen LogP contribution in [0.5, 0.6) is 11.6 Å². The van der Waals surface area contributed by atoms with Crippen molar-refractivity contribution in [1.82, 2.24) is 9.97 Å². The van der Waals surface area contributed by atoms with Crippen LogP contribution in [0.1, 0.15) is 18.9 Å². The molecule has 0 spiro atoms. The summed E-state index contributed by atoms with van der Waals surface area (Å²) in [6.07, 6.45) is 2.55. The van der Waals surface area contributed by atoms with Gasteiger partial charge in [0.1, 0.15) is 0 Å². The van der Waals surface area contributed by atoms with Crippen LogP contribution in [-0.2, 0) is 0 Å². The molecule has 0 saturated heterocycles. The summed E-state index contributed by atoms with van der Waals surface area (Å²) in [6.45, 7) is 4.71. The number of ether oxygens (including phenoxy) is 1. The molecule has 0 amide bonds. The van der Waals surface area contributed by atoms with Gasteiger partial charge in [-0.15, -0.1) is 0 Å². The van der Waals surface area contributed by atoms with Gasteiger partial charge in [-0.1, -0.05) is 13.0 Å². The van der Waals surface area contributed by atoms with Gasteiger partial charge in [-0.05, 0) is 31.0 Å². The van der Waals surface area contributed by atoms with Crippen molar-refractivity contribution in [3.8, 4) is 11.6 Å². The second-order valence-electron chi connectivity index (χ2n) is 4.18. The molecule has 100 valence electrons. The summed E-state index contributed by atoms with van der Waals surface area (Å²) >= 11 is 0. The highest BCUT2D eigenvalue weighted by Gasteiger charge is 2.06. The van der Waals surface area contributed by atoms with E-state index in [0.29, 0.717) is 11.8 Å². The van der Waals surface area contributed by atoms with Crippen LogP contribution < -0.4 is 10.1 Å². The number of nitrogens with one attached hydrogen (secondary N) is 1. The summed E-state index contributed by atoms with van der Waals surface area (Å²) in [5, 5.41) is 3.05. The van der Waals surface area contributed by atoms with E-state index in [9.17, 15) is 4.39 Å². The van der Waals surface area contributed by atoms with Gasteiger partial charge in [0.05, 0.1) is 0 Å². The number of anilines is 1. The average molecular weight is 261 g/mol. The van der Waals surface area contributed by atoms with E-state index < -0.39 is 5.82 Å². The molecule has 0 aliphatic carbocycles. The number of nitrogens with zero attached hydrogens (tertiary/aromatic N) is 2. The Kier molecular flexibility index (Phi) is 4.28. The van der Waals surface area contributed by atoms with Crippen LogP contribution >= 0.6 is 0 Å². The van der Waals surface area contributed by atoms with Crippen molar-refractivity contribution in [2.75, 3.05) is 11.9 Å². The predicted octanol–water partition coefficient (Wildman–Crippen LogP) is 3.54. The summed E-state index contributed by atoms with van der Waals surface area (Å²) < 4.78 is 19.0. The lowest BCUT2D eigenvalue weighted by atomic mass is 10.2.